The number of hydrogen-bond acceptors (Lipinski definition) is 4. The number of amides is 1. The number of aliphatic hydroxyl groups excluding tert-OH is 1. The Kier molecular flexibility index (Phi) is 4.13. The Balaban J connectivity index is 2.91. The Morgan fingerprint density at radius 2 is 2.31 bits per heavy atom. The van der Waals surface area contributed by atoms with Crippen molar-refractivity contribution in [2.75, 3.05) is 19.5 Å². The Morgan fingerprint density at radius 1 is 1.62 bits per heavy atom. The van der Waals surface area contributed by atoms with Gasteiger partial charge in [-0.3, -0.25) is 4.79 Å². The normalized spacial score (nSPS) is 11.9. The molecule has 0 fully saturated rings. The lowest BCUT2D eigenvalue weighted by Gasteiger charge is -2.13. The summed E-state index contributed by atoms with van der Waals surface area (Å²) in [5.74, 6) is 0.141. The van der Waals surface area contributed by atoms with E-state index in [1.54, 1.807) is 25.1 Å². The predicted octanol–water partition coefficient (Wildman–Crippen LogP) is 0.388. The van der Waals surface area contributed by atoms with E-state index in [-0.39, 0.29) is 18.6 Å². The second-order valence-corrected chi connectivity index (χ2v) is 3.48. The third-order valence-corrected chi connectivity index (χ3v) is 2.18. The maximum Gasteiger partial charge on any atom is 0.253 e. The van der Waals surface area contributed by atoms with Gasteiger partial charge in [-0.05, 0) is 19.1 Å². The van der Waals surface area contributed by atoms with Crippen LogP contribution in [0, 0.1) is 0 Å². The van der Waals surface area contributed by atoms with Crippen molar-refractivity contribution >= 4 is 11.6 Å². The summed E-state index contributed by atoms with van der Waals surface area (Å²) in [5, 5.41) is 11.4. The summed E-state index contributed by atoms with van der Waals surface area (Å²) >= 11 is 0. The van der Waals surface area contributed by atoms with Crippen molar-refractivity contribution in [3.05, 3.63) is 23.8 Å². The molecule has 5 nitrogen and oxygen atoms in total. The van der Waals surface area contributed by atoms with Crippen LogP contribution in [0.4, 0.5) is 5.69 Å². The van der Waals surface area contributed by atoms with E-state index in [0.29, 0.717) is 17.0 Å². The van der Waals surface area contributed by atoms with Crippen LogP contribution in [0.25, 0.3) is 0 Å². The maximum atomic E-state index is 11.7. The number of aliphatic hydroxyl groups is 1. The fraction of sp³-hybridized carbons (Fsp3) is 0.364. The molecule has 0 aliphatic carbocycles. The predicted molar refractivity (Wildman–Crippen MR) is 61.4 cm³/mol. The Labute approximate surface area is 94.2 Å². The molecule has 0 saturated carbocycles. The molecule has 1 rings (SSSR count). The molecular weight excluding hydrogens is 208 g/mol. The van der Waals surface area contributed by atoms with E-state index in [1.165, 1.54) is 7.11 Å². The molecular formula is C11H16N2O3. The average Bonchev–Trinajstić information content (AvgIpc) is 2.29. The van der Waals surface area contributed by atoms with Crippen LogP contribution in [0.5, 0.6) is 5.75 Å². The lowest BCUT2D eigenvalue weighted by Crippen LogP contribution is -2.35. The molecule has 0 heterocycles. The van der Waals surface area contributed by atoms with E-state index in [1.807, 2.05) is 0 Å². The number of methoxy groups -OCH3 is 1. The topological polar surface area (TPSA) is 84.6 Å². The van der Waals surface area contributed by atoms with Gasteiger partial charge in [-0.2, -0.15) is 0 Å². The number of rotatable bonds is 4. The molecule has 0 bridgehead atoms. The SMILES string of the molecule is COc1cccc(C(=O)NC(C)CO)c1N. The van der Waals surface area contributed by atoms with Crippen LogP contribution in [-0.2, 0) is 0 Å². The van der Waals surface area contributed by atoms with E-state index < -0.39 is 0 Å². The van der Waals surface area contributed by atoms with Crippen molar-refractivity contribution in [2.24, 2.45) is 0 Å². The first-order valence-corrected chi connectivity index (χ1v) is 4.94. The van der Waals surface area contributed by atoms with Crippen LogP contribution in [0.15, 0.2) is 18.2 Å². The van der Waals surface area contributed by atoms with Gasteiger partial charge in [0.25, 0.3) is 5.91 Å². The van der Waals surface area contributed by atoms with Crippen molar-refractivity contribution < 1.29 is 14.6 Å². The third kappa shape index (κ3) is 2.64. The molecule has 1 aromatic carbocycles. The summed E-state index contributed by atoms with van der Waals surface area (Å²) in [6, 6.07) is 4.67. The molecule has 0 aromatic heterocycles. The van der Waals surface area contributed by atoms with Crippen LogP contribution in [0.3, 0.4) is 0 Å². The zero-order chi connectivity index (χ0) is 12.1. The number of benzene rings is 1. The summed E-state index contributed by atoms with van der Waals surface area (Å²) in [6.45, 7) is 1.59. The van der Waals surface area contributed by atoms with Gasteiger partial charge < -0.3 is 20.9 Å². The van der Waals surface area contributed by atoms with Crippen molar-refractivity contribution in [1.29, 1.82) is 0 Å². The molecule has 16 heavy (non-hydrogen) atoms. The molecule has 0 radical (unpaired) electrons. The van der Waals surface area contributed by atoms with Crippen LogP contribution in [-0.4, -0.2) is 30.8 Å². The molecule has 1 atom stereocenters. The quantitative estimate of drug-likeness (QED) is 0.646. The second-order valence-electron chi connectivity index (χ2n) is 3.48. The molecule has 1 amide bonds. The van der Waals surface area contributed by atoms with Gasteiger partial charge >= 0.3 is 0 Å². The van der Waals surface area contributed by atoms with Crippen molar-refractivity contribution in [2.45, 2.75) is 13.0 Å². The van der Waals surface area contributed by atoms with Gasteiger partial charge in [-0.25, -0.2) is 0 Å². The second kappa shape index (κ2) is 5.37. The monoisotopic (exact) mass is 224 g/mol. The molecule has 4 N–H and O–H groups in total. The van der Waals surface area contributed by atoms with Gasteiger partial charge in [-0.15, -0.1) is 0 Å². The maximum absolute atomic E-state index is 11.7. The zero-order valence-electron chi connectivity index (χ0n) is 9.36. The minimum absolute atomic E-state index is 0.115. The Morgan fingerprint density at radius 3 is 2.88 bits per heavy atom. The smallest absolute Gasteiger partial charge is 0.253 e. The summed E-state index contributed by atoms with van der Waals surface area (Å²) in [4.78, 5) is 11.7. The lowest BCUT2D eigenvalue weighted by atomic mass is 10.1. The highest BCUT2D eigenvalue weighted by Crippen LogP contribution is 2.24. The number of hydrogen-bond donors (Lipinski definition) is 3. The molecule has 0 spiro atoms. The number of ether oxygens (including phenoxy) is 1. The molecule has 88 valence electrons. The van der Waals surface area contributed by atoms with Crippen LogP contribution in [0.1, 0.15) is 17.3 Å². The zero-order valence-corrected chi connectivity index (χ0v) is 9.36. The minimum Gasteiger partial charge on any atom is -0.495 e. The lowest BCUT2D eigenvalue weighted by molar-refractivity contribution is 0.0923. The van der Waals surface area contributed by atoms with E-state index in [0.717, 1.165) is 0 Å². The molecule has 0 aliphatic heterocycles. The summed E-state index contributed by atoms with van der Waals surface area (Å²) in [6.07, 6.45) is 0. The van der Waals surface area contributed by atoms with Gasteiger partial charge in [0.1, 0.15) is 5.75 Å². The van der Waals surface area contributed by atoms with Crippen LogP contribution >= 0.6 is 0 Å². The van der Waals surface area contributed by atoms with Gasteiger partial charge in [0.2, 0.25) is 0 Å². The van der Waals surface area contributed by atoms with Crippen molar-refractivity contribution in [3.63, 3.8) is 0 Å². The first kappa shape index (κ1) is 12.3. The third-order valence-electron chi connectivity index (χ3n) is 2.18. The first-order chi connectivity index (χ1) is 7.60. The van der Waals surface area contributed by atoms with Gasteiger partial charge in [0.15, 0.2) is 0 Å². The summed E-state index contributed by atoms with van der Waals surface area (Å²) < 4.78 is 5.01. The highest BCUT2D eigenvalue weighted by molar-refractivity contribution is 6.00. The molecule has 1 unspecified atom stereocenters. The highest BCUT2D eigenvalue weighted by atomic mass is 16.5. The average molecular weight is 224 g/mol. The number of para-hydroxylation sites is 1. The van der Waals surface area contributed by atoms with Crippen molar-refractivity contribution in [1.82, 2.24) is 5.32 Å². The Bertz CT molecular complexity index is 379. The first-order valence-electron chi connectivity index (χ1n) is 4.94. The number of nitrogens with one attached hydrogen (secondary N) is 1. The van der Waals surface area contributed by atoms with E-state index in [9.17, 15) is 4.79 Å². The molecule has 5 heteroatoms. The molecule has 0 aliphatic rings. The number of nitrogen functional groups attached to an aromatic ring is 1. The van der Waals surface area contributed by atoms with Gasteiger partial charge in [0.05, 0.1) is 25.0 Å². The largest absolute Gasteiger partial charge is 0.495 e. The minimum atomic E-state index is -0.321. The van der Waals surface area contributed by atoms with E-state index in [4.69, 9.17) is 15.6 Å². The number of carbonyl (C=O) groups is 1. The van der Waals surface area contributed by atoms with Gasteiger partial charge in [-0.1, -0.05) is 6.07 Å². The van der Waals surface area contributed by atoms with Crippen molar-refractivity contribution in [3.8, 4) is 5.75 Å². The van der Waals surface area contributed by atoms with Crippen LogP contribution in [0.2, 0.25) is 0 Å². The Hall–Kier alpha value is -1.75. The summed E-state index contributed by atoms with van der Waals surface area (Å²) in [7, 11) is 1.49. The standard InChI is InChI=1S/C11H16N2O3/c1-7(6-14)13-11(15)8-4-3-5-9(16-2)10(8)12/h3-5,7,14H,6,12H2,1-2H3,(H,13,15). The summed E-state index contributed by atoms with van der Waals surface area (Å²) in [5.41, 5.74) is 6.41. The van der Waals surface area contributed by atoms with E-state index >= 15 is 0 Å². The number of nitrogens with two attached hydrogens (primary N) is 1. The molecule has 1 aromatic rings. The van der Waals surface area contributed by atoms with Gasteiger partial charge in [0, 0.05) is 6.04 Å². The number of anilines is 1. The fourth-order valence-electron chi connectivity index (χ4n) is 1.27. The van der Waals surface area contributed by atoms with E-state index in [2.05, 4.69) is 5.32 Å². The molecule has 0 saturated heterocycles. The van der Waals surface area contributed by atoms with Crippen LogP contribution < -0.4 is 15.8 Å². The number of carbonyl (C=O) groups excluding carboxylic acids is 1. The highest BCUT2D eigenvalue weighted by Gasteiger charge is 2.14. The fourth-order valence-corrected chi connectivity index (χ4v) is 1.27.